The highest BCUT2D eigenvalue weighted by atomic mass is 32.1. The van der Waals surface area contributed by atoms with Gasteiger partial charge in [-0.1, -0.05) is 6.42 Å². The van der Waals surface area contributed by atoms with E-state index >= 15 is 0 Å². The maximum Gasteiger partial charge on any atom is 0.289 e. The van der Waals surface area contributed by atoms with Crippen LogP contribution < -0.4 is 10.9 Å². The third-order valence-electron chi connectivity index (χ3n) is 6.47. The molecule has 0 atom stereocenters. The Labute approximate surface area is 189 Å². The number of fused-ring (bicyclic) bond motifs is 2. The quantitative estimate of drug-likeness (QED) is 0.656. The van der Waals surface area contributed by atoms with Crippen LogP contribution in [0.1, 0.15) is 63.7 Å². The van der Waals surface area contributed by atoms with E-state index in [2.05, 4.69) is 5.32 Å². The minimum absolute atomic E-state index is 0.0152. The normalized spacial score (nSPS) is 17.2. The van der Waals surface area contributed by atoms with Crippen LogP contribution in [-0.2, 0) is 13.0 Å². The number of nitrogens with zero attached hydrogens (tertiary/aromatic N) is 3. The summed E-state index contributed by atoms with van der Waals surface area (Å²) in [6.07, 6.45) is 6.78. The fourth-order valence-corrected chi connectivity index (χ4v) is 5.75. The summed E-state index contributed by atoms with van der Waals surface area (Å²) in [5.41, 5.74) is 0.689. The van der Waals surface area contributed by atoms with Crippen LogP contribution in [0.5, 0.6) is 0 Å². The second-order valence-electron chi connectivity index (χ2n) is 8.55. The predicted octanol–water partition coefficient (Wildman–Crippen LogP) is 3.12. The number of carbonyl (C=O) groups excluding carboxylic acids is 2. The molecule has 9 heteroatoms. The third kappa shape index (κ3) is 3.74. The molecule has 0 aromatic carbocycles. The summed E-state index contributed by atoms with van der Waals surface area (Å²) in [6.45, 7) is 3.66. The van der Waals surface area contributed by atoms with Crippen LogP contribution in [0.3, 0.4) is 0 Å². The Morgan fingerprint density at radius 1 is 1.19 bits per heavy atom. The average Bonchev–Trinajstić information content (AvgIpc) is 3.37. The minimum Gasteiger partial charge on any atom is -0.459 e. The molecule has 0 aliphatic carbocycles. The number of hydrogen-bond acceptors (Lipinski definition) is 6. The van der Waals surface area contributed by atoms with Gasteiger partial charge in [0.25, 0.3) is 17.4 Å². The molecule has 5 heterocycles. The van der Waals surface area contributed by atoms with Crippen LogP contribution in [0.4, 0.5) is 0 Å². The molecule has 1 N–H and O–H groups in total. The van der Waals surface area contributed by atoms with Gasteiger partial charge in [0.05, 0.1) is 16.5 Å². The Bertz CT molecular complexity index is 1220. The van der Waals surface area contributed by atoms with E-state index in [0.717, 1.165) is 31.5 Å². The molecule has 0 saturated carbocycles. The molecule has 32 heavy (non-hydrogen) atoms. The summed E-state index contributed by atoms with van der Waals surface area (Å²) in [6, 6.07) is 3.35. The topological polar surface area (TPSA) is 97.4 Å². The number of piperidine rings is 1. The molecule has 2 aliphatic rings. The largest absolute Gasteiger partial charge is 0.459 e. The van der Waals surface area contributed by atoms with Crippen molar-refractivity contribution < 1.29 is 14.0 Å². The molecule has 0 bridgehead atoms. The molecule has 0 radical (unpaired) electrons. The van der Waals surface area contributed by atoms with Crippen LogP contribution in [0, 0.1) is 6.92 Å². The van der Waals surface area contributed by atoms with E-state index in [0.29, 0.717) is 58.9 Å². The third-order valence-corrected chi connectivity index (χ3v) is 7.65. The predicted molar refractivity (Wildman–Crippen MR) is 121 cm³/mol. The lowest BCUT2D eigenvalue weighted by atomic mass is 10.0. The number of aromatic nitrogens is 2. The van der Waals surface area contributed by atoms with Crippen LogP contribution >= 0.6 is 11.3 Å². The lowest BCUT2D eigenvalue weighted by Crippen LogP contribution is -2.46. The van der Waals surface area contributed by atoms with Gasteiger partial charge in [0, 0.05) is 32.1 Å². The Balaban J connectivity index is 1.30. The van der Waals surface area contributed by atoms with E-state index < -0.39 is 0 Å². The van der Waals surface area contributed by atoms with Crippen molar-refractivity contribution in [1.82, 2.24) is 19.8 Å². The number of amides is 2. The number of carbonyl (C=O) groups is 2. The summed E-state index contributed by atoms with van der Waals surface area (Å²) in [4.78, 5) is 46.3. The molecule has 0 unspecified atom stereocenters. The van der Waals surface area contributed by atoms with E-state index in [-0.39, 0.29) is 23.4 Å². The van der Waals surface area contributed by atoms with Crippen molar-refractivity contribution in [2.45, 2.75) is 58.0 Å². The molecule has 3 aromatic heterocycles. The first-order chi connectivity index (χ1) is 15.5. The van der Waals surface area contributed by atoms with Gasteiger partial charge >= 0.3 is 0 Å². The van der Waals surface area contributed by atoms with Crippen LogP contribution in [-0.4, -0.2) is 45.4 Å². The van der Waals surface area contributed by atoms with Gasteiger partial charge in [-0.2, -0.15) is 0 Å². The van der Waals surface area contributed by atoms with Gasteiger partial charge < -0.3 is 14.6 Å². The maximum atomic E-state index is 13.1. The summed E-state index contributed by atoms with van der Waals surface area (Å²) < 4.78 is 6.99. The Morgan fingerprint density at radius 3 is 2.75 bits per heavy atom. The highest BCUT2D eigenvalue weighted by Gasteiger charge is 2.28. The van der Waals surface area contributed by atoms with Gasteiger partial charge in [-0.25, -0.2) is 4.98 Å². The second kappa shape index (κ2) is 8.54. The van der Waals surface area contributed by atoms with E-state index in [1.54, 1.807) is 21.6 Å². The van der Waals surface area contributed by atoms with Crippen molar-refractivity contribution in [3.63, 3.8) is 0 Å². The molecule has 1 saturated heterocycles. The van der Waals surface area contributed by atoms with Gasteiger partial charge in [0.1, 0.15) is 10.7 Å². The fourth-order valence-electron chi connectivity index (χ4n) is 4.66. The highest BCUT2D eigenvalue weighted by Crippen LogP contribution is 2.28. The van der Waals surface area contributed by atoms with Gasteiger partial charge in [-0.3, -0.25) is 19.0 Å². The van der Waals surface area contributed by atoms with Gasteiger partial charge in [0.15, 0.2) is 5.76 Å². The van der Waals surface area contributed by atoms with Crippen molar-refractivity contribution in [3.8, 4) is 0 Å². The number of hydrogen-bond donors (Lipinski definition) is 1. The molecule has 3 aromatic rings. The zero-order chi connectivity index (χ0) is 22.2. The molecule has 8 nitrogen and oxygen atoms in total. The Hall–Kier alpha value is -2.94. The van der Waals surface area contributed by atoms with Crippen molar-refractivity contribution >= 4 is 33.4 Å². The first-order valence-corrected chi connectivity index (χ1v) is 12.0. The van der Waals surface area contributed by atoms with E-state index in [9.17, 15) is 14.4 Å². The molecule has 2 aliphatic heterocycles. The lowest BCUT2D eigenvalue weighted by Gasteiger charge is -2.31. The van der Waals surface area contributed by atoms with E-state index in [4.69, 9.17) is 9.40 Å². The van der Waals surface area contributed by atoms with Gasteiger partial charge in [-0.05, 0) is 50.3 Å². The molecule has 168 valence electrons. The standard InChI is InChI=1S/C23H26N4O4S/c1-14-18-21(25-17-7-3-2-4-10-27(17)23(18)30)32-19(14)20(28)24-15-8-11-26(12-9-15)22(29)16-6-5-13-31-16/h5-6,13,15H,2-4,7-12H2,1H3,(H,24,28). The summed E-state index contributed by atoms with van der Waals surface area (Å²) in [5.74, 6) is 0.889. The number of aryl methyl sites for hydroxylation is 2. The molecule has 5 rings (SSSR count). The van der Waals surface area contributed by atoms with Crippen molar-refractivity contribution in [3.05, 3.63) is 50.8 Å². The lowest BCUT2D eigenvalue weighted by molar-refractivity contribution is 0.0667. The van der Waals surface area contributed by atoms with E-state index in [1.807, 2.05) is 6.92 Å². The molecular formula is C23H26N4O4S. The zero-order valence-corrected chi connectivity index (χ0v) is 18.9. The van der Waals surface area contributed by atoms with Crippen LogP contribution in [0.15, 0.2) is 27.6 Å². The summed E-state index contributed by atoms with van der Waals surface area (Å²) in [5, 5.41) is 3.68. The van der Waals surface area contributed by atoms with Gasteiger partial charge in [-0.15, -0.1) is 11.3 Å². The minimum atomic E-state index is -0.166. The first kappa shape index (κ1) is 20.9. The van der Waals surface area contributed by atoms with Crippen molar-refractivity contribution in [2.24, 2.45) is 0 Å². The molecule has 1 fully saturated rings. The molecular weight excluding hydrogens is 428 g/mol. The van der Waals surface area contributed by atoms with Crippen LogP contribution in [0.2, 0.25) is 0 Å². The maximum absolute atomic E-state index is 13.1. The SMILES string of the molecule is Cc1c(C(=O)NC2CCN(C(=O)c3ccco3)CC2)sc2nc3n(c(=O)c12)CCCCC3. The van der Waals surface area contributed by atoms with Crippen molar-refractivity contribution in [2.75, 3.05) is 13.1 Å². The number of nitrogens with one attached hydrogen (secondary N) is 1. The first-order valence-electron chi connectivity index (χ1n) is 11.2. The molecule has 0 spiro atoms. The van der Waals surface area contributed by atoms with Crippen molar-refractivity contribution in [1.29, 1.82) is 0 Å². The number of furan rings is 1. The smallest absolute Gasteiger partial charge is 0.289 e. The zero-order valence-electron chi connectivity index (χ0n) is 18.1. The second-order valence-corrected chi connectivity index (χ2v) is 9.55. The highest BCUT2D eigenvalue weighted by molar-refractivity contribution is 7.20. The van der Waals surface area contributed by atoms with Crippen LogP contribution in [0.25, 0.3) is 10.2 Å². The number of likely N-dealkylation sites (tertiary alicyclic amines) is 1. The summed E-state index contributed by atoms with van der Waals surface area (Å²) in [7, 11) is 0. The summed E-state index contributed by atoms with van der Waals surface area (Å²) >= 11 is 1.30. The number of rotatable bonds is 3. The average molecular weight is 455 g/mol. The molecule has 2 amide bonds. The number of thiophene rings is 1. The fraction of sp³-hybridized carbons (Fsp3) is 0.478. The van der Waals surface area contributed by atoms with Gasteiger partial charge in [0.2, 0.25) is 0 Å². The Kier molecular flexibility index (Phi) is 5.58. The Morgan fingerprint density at radius 2 is 2.00 bits per heavy atom. The monoisotopic (exact) mass is 454 g/mol. The van der Waals surface area contributed by atoms with E-state index in [1.165, 1.54) is 17.6 Å².